The monoisotopic (exact) mass is 342 g/mol. The van der Waals surface area contributed by atoms with Crippen LogP contribution in [0.25, 0.3) is 5.83 Å². The molecule has 0 radical (unpaired) electrons. The molecule has 17 heavy (non-hydrogen) atoms. The van der Waals surface area contributed by atoms with Crippen LogP contribution in [0.5, 0.6) is 11.5 Å². The molecule has 0 unspecified atom stereocenters. The zero-order valence-corrected chi connectivity index (χ0v) is 12.3. The quantitative estimate of drug-likeness (QED) is 0.760. The van der Waals surface area contributed by atoms with Crippen LogP contribution in [0.2, 0.25) is 10.0 Å². The first-order valence-electron chi connectivity index (χ1n) is 4.71. The van der Waals surface area contributed by atoms with E-state index in [1.807, 2.05) is 0 Å². The van der Waals surface area contributed by atoms with E-state index in [2.05, 4.69) is 15.9 Å². The average molecular weight is 344 g/mol. The molecule has 1 aromatic rings. The Morgan fingerprint density at radius 2 is 2.00 bits per heavy atom. The summed E-state index contributed by atoms with van der Waals surface area (Å²) in [6.45, 7) is 2.21. The second kappa shape index (κ2) is 6.47. The smallest absolute Gasteiger partial charge is 0.142 e. The van der Waals surface area contributed by atoms with Gasteiger partial charge in [-0.05, 0) is 6.92 Å². The van der Waals surface area contributed by atoms with E-state index in [1.54, 1.807) is 6.92 Å². The first kappa shape index (κ1) is 14.6. The van der Waals surface area contributed by atoms with E-state index >= 15 is 0 Å². The molecule has 0 atom stereocenters. The van der Waals surface area contributed by atoms with E-state index in [0.29, 0.717) is 18.1 Å². The van der Waals surface area contributed by atoms with Gasteiger partial charge in [-0.25, -0.2) is 4.39 Å². The third-order valence-corrected chi connectivity index (χ3v) is 3.14. The maximum Gasteiger partial charge on any atom is 0.142 e. The summed E-state index contributed by atoms with van der Waals surface area (Å²) in [4.78, 5) is 1.09. The Morgan fingerprint density at radius 3 is 2.47 bits per heavy atom. The summed E-state index contributed by atoms with van der Waals surface area (Å²) in [5.41, 5.74) is 0.0491. The lowest BCUT2D eigenvalue weighted by Crippen LogP contribution is -1.97. The van der Waals surface area contributed by atoms with Crippen LogP contribution in [-0.2, 0) is 0 Å². The maximum absolute atomic E-state index is 13.7. The van der Waals surface area contributed by atoms with Crippen molar-refractivity contribution in [2.75, 3.05) is 13.7 Å². The number of halogens is 4. The van der Waals surface area contributed by atoms with Crippen molar-refractivity contribution in [3.05, 3.63) is 26.7 Å². The SMILES string of the molecule is CCOc1cc(OC)c(Cl)c(/C(F)=C/Br)c1Cl. The fraction of sp³-hybridized carbons (Fsp3) is 0.273. The van der Waals surface area contributed by atoms with Crippen molar-refractivity contribution in [3.63, 3.8) is 0 Å². The van der Waals surface area contributed by atoms with Crippen molar-refractivity contribution in [2.24, 2.45) is 0 Å². The highest BCUT2D eigenvalue weighted by atomic mass is 79.9. The number of rotatable bonds is 4. The molecule has 1 rings (SSSR count). The van der Waals surface area contributed by atoms with Gasteiger partial charge in [0.1, 0.15) is 17.3 Å². The average Bonchev–Trinajstić information content (AvgIpc) is 2.32. The first-order valence-corrected chi connectivity index (χ1v) is 6.39. The number of ether oxygens (including phenoxy) is 2. The molecular weight excluding hydrogens is 334 g/mol. The van der Waals surface area contributed by atoms with Crippen LogP contribution in [0.4, 0.5) is 4.39 Å². The van der Waals surface area contributed by atoms with Gasteiger partial charge in [0.05, 0.1) is 29.3 Å². The molecule has 0 N–H and O–H groups in total. The fourth-order valence-electron chi connectivity index (χ4n) is 1.26. The van der Waals surface area contributed by atoms with Gasteiger partial charge in [-0.2, -0.15) is 0 Å². The highest BCUT2D eigenvalue weighted by Crippen LogP contribution is 2.44. The highest BCUT2D eigenvalue weighted by Gasteiger charge is 2.20. The Hall–Kier alpha value is -0.450. The number of benzene rings is 1. The van der Waals surface area contributed by atoms with E-state index in [1.165, 1.54) is 13.2 Å². The van der Waals surface area contributed by atoms with Gasteiger partial charge in [0.15, 0.2) is 0 Å². The minimum Gasteiger partial charge on any atom is -0.495 e. The third kappa shape index (κ3) is 3.06. The Balaban J connectivity index is 3.49. The van der Waals surface area contributed by atoms with Gasteiger partial charge in [-0.1, -0.05) is 39.1 Å². The van der Waals surface area contributed by atoms with E-state index in [-0.39, 0.29) is 15.6 Å². The van der Waals surface area contributed by atoms with Crippen molar-refractivity contribution in [1.29, 1.82) is 0 Å². The van der Waals surface area contributed by atoms with Gasteiger partial charge in [0.2, 0.25) is 0 Å². The van der Waals surface area contributed by atoms with Gasteiger partial charge in [-0.3, -0.25) is 0 Å². The van der Waals surface area contributed by atoms with Gasteiger partial charge < -0.3 is 9.47 Å². The van der Waals surface area contributed by atoms with Crippen LogP contribution in [-0.4, -0.2) is 13.7 Å². The zero-order chi connectivity index (χ0) is 13.0. The summed E-state index contributed by atoms with van der Waals surface area (Å²) in [6.07, 6.45) is 0. The maximum atomic E-state index is 13.7. The summed E-state index contributed by atoms with van der Waals surface area (Å²) in [7, 11) is 1.43. The third-order valence-electron chi connectivity index (χ3n) is 1.99. The van der Waals surface area contributed by atoms with Crippen LogP contribution in [0, 0.1) is 0 Å². The molecule has 0 aromatic heterocycles. The molecule has 0 saturated heterocycles. The van der Waals surface area contributed by atoms with Gasteiger partial charge in [0.25, 0.3) is 0 Å². The molecule has 0 aliphatic carbocycles. The van der Waals surface area contributed by atoms with Crippen LogP contribution in [0.1, 0.15) is 12.5 Å². The van der Waals surface area contributed by atoms with Crippen molar-refractivity contribution >= 4 is 45.0 Å². The Kier molecular flexibility index (Phi) is 5.56. The molecule has 0 aliphatic heterocycles. The minimum absolute atomic E-state index is 0.0491. The minimum atomic E-state index is -0.597. The number of hydrogen-bond acceptors (Lipinski definition) is 2. The predicted octanol–water partition coefficient (Wildman–Crippen LogP) is 5.06. The normalized spacial score (nSPS) is 11.5. The molecule has 0 spiro atoms. The standard InChI is InChI=1S/C11H10BrCl2FO2/c1-3-17-8-4-7(16-2)10(13)9(11(8)14)6(15)5-12/h4-5H,3H2,1-2H3/b6-5-. The zero-order valence-electron chi connectivity index (χ0n) is 9.19. The van der Waals surface area contributed by atoms with Gasteiger partial charge in [0, 0.05) is 11.1 Å². The second-order valence-corrected chi connectivity index (χ2v) is 4.18. The van der Waals surface area contributed by atoms with E-state index in [4.69, 9.17) is 32.7 Å². The molecule has 0 bridgehead atoms. The molecule has 0 aliphatic rings. The first-order chi connectivity index (χ1) is 8.06. The van der Waals surface area contributed by atoms with Crippen LogP contribution in [0.15, 0.2) is 11.1 Å². The Morgan fingerprint density at radius 1 is 1.41 bits per heavy atom. The van der Waals surface area contributed by atoms with E-state index in [0.717, 1.165) is 4.99 Å². The Labute approximate surface area is 117 Å². The molecule has 6 heteroatoms. The van der Waals surface area contributed by atoms with E-state index in [9.17, 15) is 4.39 Å². The van der Waals surface area contributed by atoms with Crippen molar-refractivity contribution < 1.29 is 13.9 Å². The number of hydrogen-bond donors (Lipinski definition) is 0. The fourth-order valence-corrected chi connectivity index (χ4v) is 2.15. The van der Waals surface area contributed by atoms with Crippen molar-refractivity contribution in [2.45, 2.75) is 6.92 Å². The van der Waals surface area contributed by atoms with Gasteiger partial charge in [-0.15, -0.1) is 0 Å². The molecule has 1 aromatic carbocycles. The molecular formula is C11H10BrCl2FO2. The lowest BCUT2D eigenvalue weighted by atomic mass is 10.1. The van der Waals surface area contributed by atoms with Crippen LogP contribution in [0.3, 0.4) is 0 Å². The highest BCUT2D eigenvalue weighted by molar-refractivity contribution is 9.11. The molecule has 0 saturated carbocycles. The largest absolute Gasteiger partial charge is 0.495 e. The lowest BCUT2D eigenvalue weighted by Gasteiger charge is -2.14. The Bertz CT molecular complexity index is 450. The molecule has 2 nitrogen and oxygen atoms in total. The van der Waals surface area contributed by atoms with Gasteiger partial charge >= 0.3 is 0 Å². The summed E-state index contributed by atoms with van der Waals surface area (Å²) in [5.74, 6) is 0.0359. The molecule has 0 heterocycles. The van der Waals surface area contributed by atoms with Crippen molar-refractivity contribution in [3.8, 4) is 11.5 Å². The van der Waals surface area contributed by atoms with Crippen LogP contribution < -0.4 is 9.47 Å². The molecule has 0 amide bonds. The summed E-state index contributed by atoms with van der Waals surface area (Å²) in [5, 5.41) is 0.222. The number of methoxy groups -OCH3 is 1. The van der Waals surface area contributed by atoms with Crippen LogP contribution >= 0.6 is 39.1 Å². The topological polar surface area (TPSA) is 18.5 Å². The van der Waals surface area contributed by atoms with Crippen molar-refractivity contribution in [1.82, 2.24) is 0 Å². The molecule has 0 fully saturated rings. The second-order valence-electron chi connectivity index (χ2n) is 2.97. The summed E-state index contributed by atoms with van der Waals surface area (Å²) in [6, 6.07) is 1.53. The van der Waals surface area contributed by atoms with E-state index < -0.39 is 5.83 Å². The molecule has 94 valence electrons. The predicted molar refractivity (Wildman–Crippen MR) is 72.2 cm³/mol. The lowest BCUT2D eigenvalue weighted by molar-refractivity contribution is 0.336. The summed E-state index contributed by atoms with van der Waals surface area (Å²) >= 11 is 14.9. The summed E-state index contributed by atoms with van der Waals surface area (Å²) < 4.78 is 24.0.